The summed E-state index contributed by atoms with van der Waals surface area (Å²) in [4.78, 5) is 25.0. The first-order valence-electron chi connectivity index (χ1n) is 7.86. The lowest BCUT2D eigenvalue weighted by Crippen LogP contribution is -2.19. The van der Waals surface area contributed by atoms with Gasteiger partial charge in [0.25, 0.3) is 0 Å². The van der Waals surface area contributed by atoms with Gasteiger partial charge in [0.2, 0.25) is 0 Å². The van der Waals surface area contributed by atoms with Gasteiger partial charge in [0.05, 0.1) is 0 Å². The predicted octanol–water partition coefficient (Wildman–Crippen LogP) is 2.49. The predicted molar refractivity (Wildman–Crippen MR) is 108 cm³/mol. The Morgan fingerprint density at radius 1 is 0.731 bits per heavy atom. The number of nitrogens with zero attached hydrogens (tertiary/aromatic N) is 2. The largest absolute Gasteiger partial charge is 0.378 e. The highest BCUT2D eigenvalue weighted by Crippen LogP contribution is 2.17. The molecule has 2 aromatic rings. The first-order chi connectivity index (χ1) is 12.2. The molecule has 0 aliphatic rings. The summed E-state index contributed by atoms with van der Waals surface area (Å²) in [5, 5.41) is 5.02. The number of hydrogen-bond acceptors (Lipinski definition) is 4. The molecule has 2 rings (SSSR count). The number of carbonyl (C=O) groups excluding carboxylic acids is 2. The lowest BCUT2D eigenvalue weighted by Gasteiger charge is -2.13. The van der Waals surface area contributed by atoms with Crippen molar-refractivity contribution in [1.82, 2.24) is 0 Å². The summed E-state index contributed by atoms with van der Waals surface area (Å²) >= 11 is 0. The zero-order valence-electron chi connectivity index (χ0n) is 15.5. The molecule has 0 spiro atoms. The van der Waals surface area contributed by atoms with Crippen molar-refractivity contribution in [2.75, 3.05) is 48.6 Å². The number of primary amides is 2. The van der Waals surface area contributed by atoms with Gasteiger partial charge in [0.15, 0.2) is 0 Å². The van der Waals surface area contributed by atoms with Gasteiger partial charge < -0.3 is 31.9 Å². The van der Waals surface area contributed by atoms with Gasteiger partial charge >= 0.3 is 12.1 Å². The lowest BCUT2D eigenvalue weighted by atomic mass is 10.2. The monoisotopic (exact) mass is 358 g/mol. The van der Waals surface area contributed by atoms with Crippen molar-refractivity contribution in [1.29, 1.82) is 0 Å². The second-order valence-electron chi connectivity index (χ2n) is 5.87. The average Bonchev–Trinajstić information content (AvgIpc) is 2.54. The third-order valence-electron chi connectivity index (χ3n) is 3.26. The zero-order valence-corrected chi connectivity index (χ0v) is 15.5. The van der Waals surface area contributed by atoms with E-state index in [9.17, 15) is 9.59 Å². The molecule has 0 aromatic heterocycles. The van der Waals surface area contributed by atoms with Crippen LogP contribution >= 0.6 is 0 Å². The Balaban J connectivity index is 0.000000260. The molecule has 0 aliphatic heterocycles. The third-order valence-corrected chi connectivity index (χ3v) is 3.26. The van der Waals surface area contributed by atoms with Crippen molar-refractivity contribution in [2.24, 2.45) is 11.5 Å². The highest BCUT2D eigenvalue weighted by Gasteiger charge is 1.99. The summed E-state index contributed by atoms with van der Waals surface area (Å²) in [5.41, 5.74) is 13.4. The van der Waals surface area contributed by atoms with E-state index < -0.39 is 12.1 Å². The molecule has 26 heavy (non-hydrogen) atoms. The number of urea groups is 2. The minimum absolute atomic E-state index is 0.545. The van der Waals surface area contributed by atoms with Crippen LogP contribution in [0.15, 0.2) is 48.5 Å². The first kappa shape index (κ1) is 20.6. The van der Waals surface area contributed by atoms with Crippen molar-refractivity contribution in [2.45, 2.75) is 0 Å². The normalized spacial score (nSPS) is 9.38. The number of benzene rings is 2. The van der Waals surface area contributed by atoms with Crippen molar-refractivity contribution in [3.63, 3.8) is 0 Å². The van der Waals surface area contributed by atoms with Crippen LogP contribution in [0.1, 0.15) is 0 Å². The number of carbonyl (C=O) groups is 2. The van der Waals surface area contributed by atoms with Gasteiger partial charge in [0, 0.05) is 50.9 Å². The van der Waals surface area contributed by atoms with Gasteiger partial charge in [-0.05, 0) is 36.4 Å². The van der Waals surface area contributed by atoms with Crippen LogP contribution in [0.25, 0.3) is 0 Å². The Labute approximate surface area is 153 Å². The maximum absolute atomic E-state index is 10.5. The van der Waals surface area contributed by atoms with E-state index in [2.05, 4.69) is 10.6 Å². The maximum Gasteiger partial charge on any atom is 0.316 e. The second-order valence-corrected chi connectivity index (χ2v) is 5.87. The Bertz CT molecular complexity index is 682. The number of amides is 4. The maximum atomic E-state index is 10.5. The van der Waals surface area contributed by atoms with Gasteiger partial charge in [-0.3, -0.25) is 0 Å². The van der Waals surface area contributed by atoms with Crippen LogP contribution in [-0.2, 0) is 0 Å². The van der Waals surface area contributed by atoms with Gasteiger partial charge in [-0.25, -0.2) is 9.59 Å². The van der Waals surface area contributed by atoms with Crippen LogP contribution in [0.3, 0.4) is 0 Å². The molecule has 0 unspecified atom stereocenters. The number of rotatable bonds is 4. The molecule has 4 amide bonds. The van der Waals surface area contributed by atoms with E-state index in [-0.39, 0.29) is 0 Å². The summed E-state index contributed by atoms with van der Waals surface area (Å²) in [6, 6.07) is 13.8. The molecule has 0 bridgehead atoms. The summed E-state index contributed by atoms with van der Waals surface area (Å²) in [6.45, 7) is 0. The number of nitrogens with two attached hydrogens (primary N) is 2. The Morgan fingerprint density at radius 3 is 1.35 bits per heavy atom. The Morgan fingerprint density at radius 2 is 1.08 bits per heavy atom. The highest BCUT2D eigenvalue weighted by atomic mass is 16.2. The number of anilines is 4. The molecular formula is C18H26N6O2. The zero-order chi connectivity index (χ0) is 19.7. The molecule has 8 heteroatoms. The van der Waals surface area contributed by atoms with E-state index in [0.717, 1.165) is 11.4 Å². The van der Waals surface area contributed by atoms with E-state index in [4.69, 9.17) is 11.5 Å². The van der Waals surface area contributed by atoms with E-state index in [0.29, 0.717) is 11.4 Å². The SMILES string of the molecule is CN(C)c1cccc(NC(N)=O)c1.CN(C)c1cccc(NC(N)=O)c1. The fourth-order valence-electron chi connectivity index (χ4n) is 2.01. The quantitative estimate of drug-likeness (QED) is 0.672. The van der Waals surface area contributed by atoms with Crippen LogP contribution in [0.4, 0.5) is 32.3 Å². The third kappa shape index (κ3) is 7.43. The molecule has 8 nitrogen and oxygen atoms in total. The highest BCUT2D eigenvalue weighted by molar-refractivity contribution is 5.89. The van der Waals surface area contributed by atoms with Gasteiger partial charge in [0.1, 0.15) is 0 Å². The average molecular weight is 358 g/mol. The first-order valence-corrected chi connectivity index (χ1v) is 7.86. The van der Waals surface area contributed by atoms with Crippen LogP contribution in [0, 0.1) is 0 Å². The molecule has 140 valence electrons. The van der Waals surface area contributed by atoms with Crippen molar-refractivity contribution in [3.05, 3.63) is 48.5 Å². The topological polar surface area (TPSA) is 117 Å². The van der Waals surface area contributed by atoms with Crippen molar-refractivity contribution in [3.8, 4) is 0 Å². The standard InChI is InChI=1S/2C9H13N3O/c2*1-12(2)8-5-3-4-7(6-8)11-9(10)13/h2*3-6H,1-2H3,(H3,10,11,13). The smallest absolute Gasteiger partial charge is 0.316 e. The molecule has 6 N–H and O–H groups in total. The molecule has 0 aliphatic carbocycles. The van der Waals surface area contributed by atoms with Crippen molar-refractivity contribution < 1.29 is 9.59 Å². The van der Waals surface area contributed by atoms with Crippen LogP contribution < -0.4 is 31.9 Å². The second kappa shape index (κ2) is 9.77. The van der Waals surface area contributed by atoms with Gasteiger partial charge in [-0.2, -0.15) is 0 Å². The summed E-state index contributed by atoms with van der Waals surface area (Å²) < 4.78 is 0. The molecule has 2 aromatic carbocycles. The van der Waals surface area contributed by atoms with E-state index >= 15 is 0 Å². The molecule has 0 radical (unpaired) electrons. The van der Waals surface area contributed by atoms with Crippen molar-refractivity contribution >= 4 is 34.8 Å². The number of nitrogens with one attached hydrogen (secondary N) is 2. The summed E-state index contributed by atoms with van der Waals surface area (Å²) in [6.07, 6.45) is 0. The Kier molecular flexibility index (Phi) is 7.75. The van der Waals surface area contributed by atoms with Crippen LogP contribution in [0.2, 0.25) is 0 Å². The minimum Gasteiger partial charge on any atom is -0.378 e. The number of hydrogen-bond donors (Lipinski definition) is 4. The molecule has 0 atom stereocenters. The van der Waals surface area contributed by atoms with Gasteiger partial charge in [-0.15, -0.1) is 0 Å². The van der Waals surface area contributed by atoms with E-state index in [1.807, 2.05) is 74.4 Å². The fourth-order valence-corrected chi connectivity index (χ4v) is 2.01. The molecule has 0 fully saturated rings. The van der Waals surface area contributed by atoms with E-state index in [1.165, 1.54) is 0 Å². The fraction of sp³-hybridized carbons (Fsp3) is 0.222. The lowest BCUT2D eigenvalue weighted by molar-refractivity contribution is 0.258. The summed E-state index contributed by atoms with van der Waals surface area (Å²) in [7, 11) is 7.74. The Hall–Kier alpha value is -3.42. The van der Waals surface area contributed by atoms with Crippen LogP contribution in [0.5, 0.6) is 0 Å². The molecule has 0 saturated heterocycles. The molecule has 0 saturated carbocycles. The van der Waals surface area contributed by atoms with Gasteiger partial charge in [-0.1, -0.05) is 12.1 Å². The molecule has 0 heterocycles. The minimum atomic E-state index is -0.545. The van der Waals surface area contributed by atoms with E-state index in [1.54, 1.807) is 12.1 Å². The molecular weight excluding hydrogens is 332 g/mol. The summed E-state index contributed by atoms with van der Waals surface area (Å²) in [5.74, 6) is 0. The van der Waals surface area contributed by atoms with Crippen LogP contribution in [-0.4, -0.2) is 40.3 Å².